The van der Waals surface area contributed by atoms with Gasteiger partial charge >= 0.3 is 0 Å². The average Bonchev–Trinajstić information content (AvgIpc) is 2.61. The van der Waals surface area contributed by atoms with Gasteiger partial charge in [0.2, 0.25) is 5.91 Å². The number of rotatable bonds is 5. The molecule has 0 aliphatic carbocycles. The summed E-state index contributed by atoms with van der Waals surface area (Å²) in [6.07, 6.45) is 1.55. The summed E-state index contributed by atoms with van der Waals surface area (Å²) < 4.78 is 13.6. The Labute approximate surface area is 145 Å². The maximum atomic E-state index is 13.6. The Morgan fingerprint density at radius 1 is 1.00 bits per heavy atom. The van der Waals surface area contributed by atoms with Crippen LogP contribution in [0.2, 0.25) is 0 Å². The molecule has 25 heavy (non-hydrogen) atoms. The van der Waals surface area contributed by atoms with E-state index in [0.29, 0.717) is 17.1 Å². The van der Waals surface area contributed by atoms with E-state index in [1.807, 2.05) is 31.2 Å². The van der Waals surface area contributed by atoms with E-state index < -0.39 is 0 Å². The van der Waals surface area contributed by atoms with Gasteiger partial charge in [-0.2, -0.15) is 0 Å². The van der Waals surface area contributed by atoms with Crippen LogP contribution in [0, 0.1) is 12.7 Å². The first kappa shape index (κ1) is 16.6. The normalized spacial score (nSPS) is 10.3. The lowest BCUT2D eigenvalue weighted by Gasteiger charge is -2.08. The molecular formula is C20H18FN3O. The number of hydrogen-bond acceptors (Lipinski definition) is 3. The summed E-state index contributed by atoms with van der Waals surface area (Å²) in [5, 5.41) is 5.91. The molecule has 2 N–H and O–H groups in total. The van der Waals surface area contributed by atoms with Gasteiger partial charge in [0.15, 0.2) is 0 Å². The third-order valence-corrected chi connectivity index (χ3v) is 3.68. The van der Waals surface area contributed by atoms with Crippen LogP contribution in [0.4, 0.5) is 21.6 Å². The molecule has 4 nitrogen and oxygen atoms in total. The summed E-state index contributed by atoms with van der Waals surface area (Å²) in [5.74, 6) is 0.00974. The molecule has 0 spiro atoms. The van der Waals surface area contributed by atoms with Gasteiger partial charge in [0.1, 0.15) is 11.6 Å². The zero-order valence-electron chi connectivity index (χ0n) is 13.8. The predicted octanol–water partition coefficient (Wildman–Crippen LogP) is 4.45. The lowest BCUT2D eigenvalue weighted by Crippen LogP contribution is -2.15. The number of amides is 1. The van der Waals surface area contributed by atoms with Crippen LogP contribution in [0.5, 0.6) is 0 Å². The minimum atomic E-state index is -0.381. The van der Waals surface area contributed by atoms with Gasteiger partial charge < -0.3 is 10.6 Å². The quantitative estimate of drug-likeness (QED) is 0.724. The van der Waals surface area contributed by atoms with Crippen molar-refractivity contribution in [2.24, 2.45) is 0 Å². The fourth-order valence-corrected chi connectivity index (χ4v) is 2.35. The number of nitrogens with zero attached hydrogens (tertiary/aromatic N) is 1. The Morgan fingerprint density at radius 3 is 2.40 bits per heavy atom. The monoisotopic (exact) mass is 335 g/mol. The number of nitrogens with one attached hydrogen (secondary N) is 2. The molecule has 1 aromatic heterocycles. The number of carbonyl (C=O) groups excluding carboxylic acids is 1. The SMILES string of the molecule is Cc1ccc(Nc2ccc(NC(=O)Cc3ccccc3F)cn2)cc1. The highest BCUT2D eigenvalue weighted by atomic mass is 19.1. The van der Waals surface area contributed by atoms with E-state index in [1.54, 1.807) is 36.5 Å². The number of hydrogen-bond donors (Lipinski definition) is 2. The largest absolute Gasteiger partial charge is 0.340 e. The third-order valence-electron chi connectivity index (χ3n) is 3.68. The molecule has 0 saturated heterocycles. The van der Waals surface area contributed by atoms with Gasteiger partial charge in [-0.3, -0.25) is 4.79 Å². The molecule has 126 valence electrons. The number of carbonyl (C=O) groups is 1. The van der Waals surface area contributed by atoms with Crippen molar-refractivity contribution in [2.75, 3.05) is 10.6 Å². The second kappa shape index (κ2) is 7.57. The summed E-state index contributed by atoms with van der Waals surface area (Å²) in [6, 6.07) is 17.7. The maximum Gasteiger partial charge on any atom is 0.228 e. The fourth-order valence-electron chi connectivity index (χ4n) is 2.35. The summed E-state index contributed by atoms with van der Waals surface area (Å²) in [4.78, 5) is 16.3. The number of anilines is 3. The molecule has 3 aromatic rings. The first-order chi connectivity index (χ1) is 12.1. The Morgan fingerprint density at radius 2 is 1.72 bits per heavy atom. The lowest BCUT2D eigenvalue weighted by molar-refractivity contribution is -0.115. The molecule has 0 radical (unpaired) electrons. The fraction of sp³-hybridized carbons (Fsp3) is 0.100. The second-order valence-electron chi connectivity index (χ2n) is 5.74. The van der Waals surface area contributed by atoms with Crippen LogP contribution in [0.15, 0.2) is 66.9 Å². The third kappa shape index (κ3) is 4.64. The highest BCUT2D eigenvalue weighted by molar-refractivity contribution is 5.92. The summed E-state index contributed by atoms with van der Waals surface area (Å²) in [7, 11) is 0. The van der Waals surface area contributed by atoms with Crippen molar-refractivity contribution in [3.63, 3.8) is 0 Å². The molecule has 0 aliphatic rings. The topological polar surface area (TPSA) is 54.0 Å². The van der Waals surface area contributed by atoms with Crippen molar-refractivity contribution < 1.29 is 9.18 Å². The molecule has 3 rings (SSSR count). The van der Waals surface area contributed by atoms with E-state index in [9.17, 15) is 9.18 Å². The molecule has 2 aromatic carbocycles. The number of pyridine rings is 1. The van der Waals surface area contributed by atoms with Gasteiger partial charge in [0.05, 0.1) is 18.3 Å². The summed E-state index contributed by atoms with van der Waals surface area (Å²) >= 11 is 0. The highest BCUT2D eigenvalue weighted by Gasteiger charge is 2.08. The number of aromatic nitrogens is 1. The highest BCUT2D eigenvalue weighted by Crippen LogP contribution is 2.17. The van der Waals surface area contributed by atoms with E-state index in [4.69, 9.17) is 0 Å². The minimum Gasteiger partial charge on any atom is -0.340 e. The van der Waals surface area contributed by atoms with E-state index in [1.165, 1.54) is 11.6 Å². The van der Waals surface area contributed by atoms with Crippen LogP contribution in [0.1, 0.15) is 11.1 Å². The van der Waals surface area contributed by atoms with Crippen LogP contribution < -0.4 is 10.6 Å². The number of benzene rings is 2. The molecular weight excluding hydrogens is 317 g/mol. The first-order valence-corrected chi connectivity index (χ1v) is 7.93. The summed E-state index contributed by atoms with van der Waals surface area (Å²) in [6.45, 7) is 2.03. The van der Waals surface area contributed by atoms with Crippen molar-refractivity contribution in [3.05, 3.63) is 83.8 Å². The molecule has 0 unspecified atom stereocenters. The summed E-state index contributed by atoms with van der Waals surface area (Å²) in [5.41, 5.74) is 3.06. The van der Waals surface area contributed by atoms with Crippen molar-refractivity contribution in [1.82, 2.24) is 4.98 Å². The molecule has 0 saturated carbocycles. The number of aryl methyl sites for hydroxylation is 1. The van der Waals surface area contributed by atoms with E-state index in [0.717, 1.165) is 5.69 Å². The van der Waals surface area contributed by atoms with Gasteiger partial charge in [-0.25, -0.2) is 9.37 Å². The van der Waals surface area contributed by atoms with Crippen molar-refractivity contribution in [2.45, 2.75) is 13.3 Å². The van der Waals surface area contributed by atoms with Crippen molar-refractivity contribution in [1.29, 1.82) is 0 Å². The van der Waals surface area contributed by atoms with Gasteiger partial charge in [-0.15, -0.1) is 0 Å². The Hall–Kier alpha value is -3.21. The van der Waals surface area contributed by atoms with Gasteiger partial charge in [-0.1, -0.05) is 35.9 Å². The van der Waals surface area contributed by atoms with E-state index >= 15 is 0 Å². The second-order valence-corrected chi connectivity index (χ2v) is 5.74. The molecule has 5 heteroatoms. The van der Waals surface area contributed by atoms with Gasteiger partial charge in [-0.05, 0) is 42.8 Å². The van der Waals surface area contributed by atoms with Gasteiger partial charge in [0, 0.05) is 5.69 Å². The molecule has 0 fully saturated rings. The van der Waals surface area contributed by atoms with E-state index in [2.05, 4.69) is 15.6 Å². The van der Waals surface area contributed by atoms with Crippen LogP contribution in [0.3, 0.4) is 0 Å². The van der Waals surface area contributed by atoms with E-state index in [-0.39, 0.29) is 18.1 Å². The first-order valence-electron chi connectivity index (χ1n) is 7.93. The Bertz CT molecular complexity index is 861. The number of halogens is 1. The molecule has 0 atom stereocenters. The van der Waals surface area contributed by atoms with Crippen LogP contribution in [-0.4, -0.2) is 10.9 Å². The smallest absolute Gasteiger partial charge is 0.228 e. The lowest BCUT2D eigenvalue weighted by atomic mass is 10.1. The molecule has 1 amide bonds. The van der Waals surface area contributed by atoms with Crippen molar-refractivity contribution in [3.8, 4) is 0 Å². The molecule has 0 bridgehead atoms. The molecule has 1 heterocycles. The van der Waals surface area contributed by atoms with Gasteiger partial charge in [0.25, 0.3) is 0 Å². The maximum absolute atomic E-state index is 13.6. The van der Waals surface area contributed by atoms with Crippen LogP contribution in [-0.2, 0) is 11.2 Å². The minimum absolute atomic E-state index is 0.0178. The molecule has 0 aliphatic heterocycles. The predicted molar refractivity (Wildman–Crippen MR) is 97.4 cm³/mol. The zero-order valence-corrected chi connectivity index (χ0v) is 13.8. The van der Waals surface area contributed by atoms with Crippen molar-refractivity contribution >= 4 is 23.1 Å². The van der Waals surface area contributed by atoms with Crippen LogP contribution >= 0.6 is 0 Å². The Kier molecular flexibility index (Phi) is 5.04. The zero-order chi connectivity index (χ0) is 17.6. The average molecular weight is 335 g/mol. The standard InChI is InChI=1S/C20H18FN3O/c1-14-6-8-16(9-7-14)23-19-11-10-17(13-22-19)24-20(25)12-15-4-2-3-5-18(15)21/h2-11,13H,12H2,1H3,(H,22,23)(H,24,25). The Balaban J connectivity index is 1.59. The van der Waals surface area contributed by atoms with Crippen LogP contribution in [0.25, 0.3) is 0 Å².